The van der Waals surface area contributed by atoms with Crippen LogP contribution in [0.1, 0.15) is 42.5 Å². The Bertz CT molecular complexity index is 560. The molecule has 0 aliphatic heterocycles. The number of carbonyl (C=O) groups excluding carboxylic acids is 2. The smallest absolute Gasteiger partial charge is 0.253 e. The Morgan fingerprint density at radius 1 is 1.15 bits per heavy atom. The first-order valence-electron chi connectivity index (χ1n) is 8.98. The molecular formula is C19H30ClN3O3. The van der Waals surface area contributed by atoms with Crippen LogP contribution < -0.4 is 10.6 Å². The van der Waals surface area contributed by atoms with Gasteiger partial charge in [-0.25, -0.2) is 0 Å². The molecule has 0 atom stereocenters. The molecule has 2 rings (SSSR count). The number of anilines is 1. The molecule has 2 N–H and O–H groups in total. The highest BCUT2D eigenvalue weighted by Crippen LogP contribution is 2.23. The Morgan fingerprint density at radius 3 is 2.42 bits per heavy atom. The second kappa shape index (κ2) is 11.9. The molecule has 2 amide bonds. The zero-order chi connectivity index (χ0) is 18.1. The number of methoxy groups -OCH3 is 1. The molecule has 1 aliphatic rings. The second-order valence-corrected chi connectivity index (χ2v) is 6.50. The van der Waals surface area contributed by atoms with Gasteiger partial charge in [0.1, 0.15) is 0 Å². The first-order valence-corrected chi connectivity index (χ1v) is 8.98. The van der Waals surface area contributed by atoms with Crippen LogP contribution in [-0.2, 0) is 9.53 Å². The van der Waals surface area contributed by atoms with Crippen molar-refractivity contribution >= 4 is 29.9 Å². The van der Waals surface area contributed by atoms with E-state index in [1.165, 1.54) is 19.3 Å². The van der Waals surface area contributed by atoms with Crippen LogP contribution in [0.25, 0.3) is 0 Å². The van der Waals surface area contributed by atoms with Crippen LogP contribution in [0.4, 0.5) is 5.69 Å². The fraction of sp³-hybridized carbons (Fsp3) is 0.579. The number of carbonyl (C=O) groups is 2. The third-order valence-corrected chi connectivity index (χ3v) is 4.63. The van der Waals surface area contributed by atoms with Crippen molar-refractivity contribution in [2.45, 2.75) is 38.1 Å². The molecule has 1 saturated carbocycles. The van der Waals surface area contributed by atoms with Gasteiger partial charge in [0.2, 0.25) is 5.91 Å². The molecule has 1 aliphatic carbocycles. The summed E-state index contributed by atoms with van der Waals surface area (Å²) in [6.45, 7) is 1.43. The Balaban J connectivity index is 0.00000338. The minimum Gasteiger partial charge on any atom is -0.383 e. The van der Waals surface area contributed by atoms with Gasteiger partial charge in [-0.1, -0.05) is 19.3 Å². The number of hydrogen-bond acceptors (Lipinski definition) is 4. The van der Waals surface area contributed by atoms with Crippen molar-refractivity contribution in [1.82, 2.24) is 10.2 Å². The molecule has 1 aromatic rings. The fourth-order valence-corrected chi connectivity index (χ4v) is 3.12. The Kier molecular flexibility index (Phi) is 10.2. The lowest BCUT2D eigenvalue weighted by Gasteiger charge is -2.31. The molecule has 6 nitrogen and oxygen atoms in total. The van der Waals surface area contributed by atoms with Crippen LogP contribution in [0, 0.1) is 0 Å². The first kappa shape index (κ1) is 22.4. The van der Waals surface area contributed by atoms with Crippen molar-refractivity contribution in [2.24, 2.45) is 0 Å². The molecular weight excluding hydrogens is 354 g/mol. The van der Waals surface area contributed by atoms with Crippen molar-refractivity contribution in [3.05, 3.63) is 29.8 Å². The number of halogens is 1. The van der Waals surface area contributed by atoms with Crippen LogP contribution in [0.2, 0.25) is 0 Å². The molecule has 0 aromatic heterocycles. The average molecular weight is 384 g/mol. The van der Waals surface area contributed by atoms with E-state index in [4.69, 9.17) is 4.74 Å². The Hall–Kier alpha value is -1.63. The third-order valence-electron chi connectivity index (χ3n) is 4.63. The summed E-state index contributed by atoms with van der Waals surface area (Å²) >= 11 is 0. The maximum atomic E-state index is 12.6. The number of nitrogens with one attached hydrogen (secondary N) is 2. The minimum absolute atomic E-state index is 0. The molecule has 1 fully saturated rings. The molecule has 0 bridgehead atoms. The van der Waals surface area contributed by atoms with E-state index >= 15 is 0 Å². The summed E-state index contributed by atoms with van der Waals surface area (Å²) in [6, 6.07) is 7.44. The summed E-state index contributed by atoms with van der Waals surface area (Å²) in [5, 5.41) is 5.80. The topological polar surface area (TPSA) is 70.7 Å². The average Bonchev–Trinajstić information content (AvgIpc) is 2.65. The number of amides is 2. The second-order valence-electron chi connectivity index (χ2n) is 6.50. The van der Waals surface area contributed by atoms with Gasteiger partial charge in [-0.2, -0.15) is 0 Å². The van der Waals surface area contributed by atoms with Crippen LogP contribution in [0.15, 0.2) is 24.3 Å². The quantitative estimate of drug-likeness (QED) is 0.677. The summed E-state index contributed by atoms with van der Waals surface area (Å²) in [5.41, 5.74) is 1.35. The van der Waals surface area contributed by atoms with E-state index in [2.05, 4.69) is 10.6 Å². The zero-order valence-corrected chi connectivity index (χ0v) is 16.4. The standard InChI is InChI=1S/C19H29N3O3.ClH/c1-22(17-6-4-3-5-7-17)19(24)15-8-10-16(11-9-15)21-18(23)14-20-12-13-25-2;/h8-11,17,20H,3-7,12-14H2,1-2H3,(H,21,23);1H. The van der Waals surface area contributed by atoms with E-state index in [1.54, 1.807) is 31.4 Å². The zero-order valence-electron chi connectivity index (χ0n) is 15.6. The SMILES string of the molecule is COCCNCC(=O)Nc1ccc(C(=O)N(C)C2CCCCC2)cc1.Cl. The van der Waals surface area contributed by atoms with Crippen LogP contribution in [-0.4, -0.2) is 56.6 Å². The summed E-state index contributed by atoms with van der Waals surface area (Å²) in [7, 11) is 3.51. The van der Waals surface area contributed by atoms with E-state index in [0.717, 1.165) is 12.8 Å². The molecule has 0 unspecified atom stereocenters. The van der Waals surface area contributed by atoms with Crippen molar-refractivity contribution in [3.8, 4) is 0 Å². The fourth-order valence-electron chi connectivity index (χ4n) is 3.12. The lowest BCUT2D eigenvalue weighted by Crippen LogP contribution is -2.38. The molecule has 0 saturated heterocycles. The summed E-state index contributed by atoms with van der Waals surface area (Å²) in [5.74, 6) is -0.0690. The predicted molar refractivity (Wildman–Crippen MR) is 106 cm³/mol. The Morgan fingerprint density at radius 2 is 1.81 bits per heavy atom. The van der Waals surface area contributed by atoms with Crippen LogP contribution in [0.3, 0.4) is 0 Å². The summed E-state index contributed by atoms with van der Waals surface area (Å²) in [4.78, 5) is 26.3. The van der Waals surface area contributed by atoms with E-state index < -0.39 is 0 Å². The van der Waals surface area contributed by atoms with Gasteiger partial charge in [-0.05, 0) is 37.1 Å². The highest BCUT2D eigenvalue weighted by Gasteiger charge is 2.22. The maximum Gasteiger partial charge on any atom is 0.253 e. The lowest BCUT2D eigenvalue weighted by molar-refractivity contribution is -0.115. The molecule has 0 radical (unpaired) electrons. The molecule has 0 heterocycles. The van der Waals surface area contributed by atoms with Gasteiger partial charge in [0.15, 0.2) is 0 Å². The van der Waals surface area contributed by atoms with Gasteiger partial charge in [-0.3, -0.25) is 9.59 Å². The number of hydrogen-bond donors (Lipinski definition) is 2. The molecule has 26 heavy (non-hydrogen) atoms. The normalized spacial score (nSPS) is 14.4. The number of rotatable bonds is 8. The lowest BCUT2D eigenvalue weighted by atomic mass is 9.94. The van der Waals surface area contributed by atoms with Crippen molar-refractivity contribution < 1.29 is 14.3 Å². The van der Waals surface area contributed by atoms with Crippen LogP contribution in [0.5, 0.6) is 0 Å². The van der Waals surface area contributed by atoms with E-state index in [-0.39, 0.29) is 30.8 Å². The number of nitrogens with zero attached hydrogens (tertiary/aromatic N) is 1. The Labute approximate surface area is 162 Å². The number of benzene rings is 1. The van der Waals surface area contributed by atoms with E-state index in [9.17, 15) is 9.59 Å². The maximum absolute atomic E-state index is 12.6. The number of ether oxygens (including phenoxy) is 1. The molecule has 0 spiro atoms. The first-order chi connectivity index (χ1) is 12.1. The predicted octanol–water partition coefficient (Wildman–Crippen LogP) is 2.69. The molecule has 1 aromatic carbocycles. The third kappa shape index (κ3) is 6.94. The highest BCUT2D eigenvalue weighted by atomic mass is 35.5. The van der Waals surface area contributed by atoms with Gasteiger partial charge in [0, 0.05) is 38.0 Å². The molecule has 7 heteroatoms. The molecule has 146 valence electrons. The van der Waals surface area contributed by atoms with E-state index in [1.807, 2.05) is 11.9 Å². The van der Waals surface area contributed by atoms with Gasteiger partial charge < -0.3 is 20.3 Å². The van der Waals surface area contributed by atoms with Crippen molar-refractivity contribution in [1.29, 1.82) is 0 Å². The van der Waals surface area contributed by atoms with Gasteiger partial charge in [-0.15, -0.1) is 12.4 Å². The van der Waals surface area contributed by atoms with Gasteiger partial charge in [0.25, 0.3) is 5.91 Å². The van der Waals surface area contributed by atoms with Crippen LogP contribution >= 0.6 is 12.4 Å². The van der Waals surface area contributed by atoms with Gasteiger partial charge >= 0.3 is 0 Å². The minimum atomic E-state index is -0.116. The monoisotopic (exact) mass is 383 g/mol. The van der Waals surface area contributed by atoms with Gasteiger partial charge in [0.05, 0.1) is 13.2 Å². The summed E-state index contributed by atoms with van der Waals surface area (Å²) < 4.78 is 4.91. The van der Waals surface area contributed by atoms with Crippen molar-refractivity contribution in [2.75, 3.05) is 39.2 Å². The van der Waals surface area contributed by atoms with Crippen molar-refractivity contribution in [3.63, 3.8) is 0 Å². The summed E-state index contributed by atoms with van der Waals surface area (Å²) in [6.07, 6.45) is 5.85. The van der Waals surface area contributed by atoms with E-state index in [0.29, 0.717) is 30.4 Å². The largest absolute Gasteiger partial charge is 0.383 e. The highest BCUT2D eigenvalue weighted by molar-refractivity contribution is 5.96.